The van der Waals surface area contributed by atoms with Crippen molar-refractivity contribution in [3.63, 3.8) is 0 Å². The molecule has 0 aromatic heterocycles. The second-order valence-electron chi connectivity index (χ2n) is 6.02. The highest BCUT2D eigenvalue weighted by molar-refractivity contribution is 7.44. The van der Waals surface area contributed by atoms with Gasteiger partial charge in [0.05, 0.1) is 13.2 Å². The van der Waals surface area contributed by atoms with Crippen LogP contribution in [0.2, 0.25) is 0 Å². The Kier molecular flexibility index (Phi) is 17.3. The van der Waals surface area contributed by atoms with Crippen molar-refractivity contribution in [1.82, 2.24) is 0 Å². The summed E-state index contributed by atoms with van der Waals surface area (Å²) in [5, 5.41) is 18.3. The lowest BCUT2D eigenvalue weighted by Gasteiger charge is -2.07. The van der Waals surface area contributed by atoms with Gasteiger partial charge in [0.25, 0.3) is 0 Å². The molecule has 0 radical (unpaired) electrons. The van der Waals surface area contributed by atoms with E-state index in [0.29, 0.717) is 6.61 Å². The van der Waals surface area contributed by atoms with Crippen molar-refractivity contribution in [2.75, 3.05) is 32.1 Å². The van der Waals surface area contributed by atoms with Crippen molar-refractivity contribution in [2.45, 2.75) is 77.2 Å². The molecule has 0 saturated heterocycles. The molecular formula is C17H36O4P+. The zero-order chi connectivity index (χ0) is 16.5. The number of hydrogen-bond acceptors (Lipinski definition) is 4. The van der Waals surface area contributed by atoms with E-state index in [1.165, 1.54) is 57.8 Å². The largest absolute Gasteiger partial charge is 0.392 e. The average Bonchev–Trinajstić information content (AvgIpc) is 2.48. The van der Waals surface area contributed by atoms with Gasteiger partial charge in [-0.15, -0.1) is 0 Å². The van der Waals surface area contributed by atoms with Crippen molar-refractivity contribution in [1.29, 1.82) is 0 Å². The molecule has 0 aromatic carbocycles. The Morgan fingerprint density at radius 3 is 2.05 bits per heavy atom. The Bertz CT molecular complexity index is 249. The maximum absolute atomic E-state index is 11.3. The fourth-order valence-electron chi connectivity index (χ4n) is 2.40. The van der Waals surface area contributed by atoms with Crippen LogP contribution in [0, 0.1) is 0 Å². The average molecular weight is 335 g/mol. The van der Waals surface area contributed by atoms with Gasteiger partial charge in [-0.05, 0) is 6.42 Å². The normalized spacial score (nSPS) is 13.3. The maximum Gasteiger partial charge on any atom is 0.343 e. The molecule has 0 heterocycles. The van der Waals surface area contributed by atoms with Crippen molar-refractivity contribution < 1.29 is 19.5 Å². The van der Waals surface area contributed by atoms with Gasteiger partial charge in [0.1, 0.15) is 6.10 Å². The van der Waals surface area contributed by atoms with E-state index in [9.17, 15) is 9.67 Å². The van der Waals surface area contributed by atoms with Crippen molar-refractivity contribution in [3.8, 4) is 0 Å². The van der Waals surface area contributed by atoms with Gasteiger partial charge in [-0.2, -0.15) is 0 Å². The molecule has 22 heavy (non-hydrogen) atoms. The first-order valence-electron chi connectivity index (χ1n) is 8.99. The van der Waals surface area contributed by atoms with Crippen LogP contribution in [0.1, 0.15) is 71.1 Å². The standard InChI is InChI=1S/C17H36O4P/c1-2-3-4-5-6-7-8-9-10-11-13-21-15-17(19)16-22(20)14-12-18/h17-19H,2-16H2,1H3/q+1. The van der Waals surface area contributed by atoms with Crippen molar-refractivity contribution >= 4 is 7.80 Å². The van der Waals surface area contributed by atoms with Gasteiger partial charge >= 0.3 is 7.80 Å². The molecule has 0 aliphatic rings. The highest BCUT2D eigenvalue weighted by atomic mass is 31.1. The Hall–Kier alpha value is -0.0200. The summed E-state index contributed by atoms with van der Waals surface area (Å²) < 4.78 is 16.8. The molecule has 4 nitrogen and oxygen atoms in total. The number of unbranched alkanes of at least 4 members (excludes halogenated alkanes) is 9. The number of ether oxygens (including phenoxy) is 1. The first kappa shape index (κ1) is 22.0. The molecule has 2 unspecified atom stereocenters. The summed E-state index contributed by atoms with van der Waals surface area (Å²) in [7, 11) is -1.49. The first-order chi connectivity index (χ1) is 10.7. The van der Waals surface area contributed by atoms with Crippen LogP contribution in [0.5, 0.6) is 0 Å². The quantitative estimate of drug-likeness (QED) is 0.310. The second-order valence-corrected chi connectivity index (χ2v) is 7.80. The molecule has 2 N–H and O–H groups in total. The van der Waals surface area contributed by atoms with Gasteiger partial charge in [-0.3, -0.25) is 0 Å². The minimum absolute atomic E-state index is 0.0820. The molecular weight excluding hydrogens is 299 g/mol. The monoisotopic (exact) mass is 335 g/mol. The van der Waals surface area contributed by atoms with Gasteiger partial charge in [-0.25, -0.2) is 0 Å². The molecule has 0 saturated carbocycles. The summed E-state index contributed by atoms with van der Waals surface area (Å²) in [4.78, 5) is 0. The number of aliphatic hydroxyl groups is 2. The van der Waals surface area contributed by atoms with E-state index in [0.717, 1.165) is 6.42 Å². The van der Waals surface area contributed by atoms with E-state index >= 15 is 0 Å². The fourth-order valence-corrected chi connectivity index (χ4v) is 3.38. The zero-order valence-electron chi connectivity index (χ0n) is 14.3. The smallest absolute Gasteiger partial charge is 0.343 e. The molecule has 0 aliphatic carbocycles. The predicted molar refractivity (Wildman–Crippen MR) is 93.1 cm³/mol. The summed E-state index contributed by atoms with van der Waals surface area (Å²) in [6.45, 7) is 3.09. The van der Waals surface area contributed by atoms with E-state index in [1.807, 2.05) is 0 Å². The van der Waals surface area contributed by atoms with Gasteiger partial charge in [0, 0.05) is 6.61 Å². The van der Waals surface area contributed by atoms with Gasteiger partial charge in [-0.1, -0.05) is 69.3 Å². The van der Waals surface area contributed by atoms with Crippen LogP contribution in [-0.4, -0.2) is 48.5 Å². The van der Waals surface area contributed by atoms with Crippen LogP contribution in [-0.2, 0) is 9.30 Å². The van der Waals surface area contributed by atoms with Crippen LogP contribution < -0.4 is 0 Å². The molecule has 0 spiro atoms. The fraction of sp³-hybridized carbons (Fsp3) is 1.00. The maximum atomic E-state index is 11.3. The van der Waals surface area contributed by atoms with Crippen LogP contribution in [0.15, 0.2) is 0 Å². The molecule has 132 valence electrons. The second kappa shape index (κ2) is 17.3. The highest BCUT2D eigenvalue weighted by Crippen LogP contribution is 2.20. The van der Waals surface area contributed by atoms with E-state index in [-0.39, 0.29) is 25.5 Å². The Labute approximate surface area is 137 Å². The molecule has 0 amide bonds. The third kappa shape index (κ3) is 16.4. The zero-order valence-corrected chi connectivity index (χ0v) is 15.2. The lowest BCUT2D eigenvalue weighted by Crippen LogP contribution is -2.19. The summed E-state index contributed by atoms with van der Waals surface area (Å²) in [5.74, 6) is 0. The van der Waals surface area contributed by atoms with Crippen LogP contribution in [0.25, 0.3) is 0 Å². The minimum Gasteiger partial charge on any atom is -0.392 e. The molecule has 0 bridgehead atoms. The van der Waals surface area contributed by atoms with Gasteiger partial charge in [0.15, 0.2) is 12.3 Å². The van der Waals surface area contributed by atoms with Gasteiger partial charge in [0.2, 0.25) is 0 Å². The van der Waals surface area contributed by atoms with E-state index in [2.05, 4.69) is 6.92 Å². The highest BCUT2D eigenvalue weighted by Gasteiger charge is 2.20. The molecule has 0 rings (SSSR count). The Balaban J connectivity index is 3.18. The summed E-state index contributed by atoms with van der Waals surface area (Å²) in [6.07, 6.45) is 12.8. The summed E-state index contributed by atoms with van der Waals surface area (Å²) in [5.41, 5.74) is 0. The SMILES string of the molecule is CCCCCCCCCCCCOCC(O)C[P+](=O)CCO. The summed E-state index contributed by atoms with van der Waals surface area (Å²) in [6, 6.07) is 0. The van der Waals surface area contributed by atoms with Crippen molar-refractivity contribution in [3.05, 3.63) is 0 Å². The van der Waals surface area contributed by atoms with E-state index in [4.69, 9.17) is 9.84 Å². The minimum atomic E-state index is -1.49. The van der Waals surface area contributed by atoms with Crippen molar-refractivity contribution in [2.24, 2.45) is 0 Å². The molecule has 2 atom stereocenters. The summed E-state index contributed by atoms with van der Waals surface area (Å²) >= 11 is 0. The van der Waals surface area contributed by atoms with Crippen LogP contribution >= 0.6 is 7.80 Å². The molecule has 5 heteroatoms. The lowest BCUT2D eigenvalue weighted by atomic mass is 10.1. The first-order valence-corrected chi connectivity index (χ1v) is 10.6. The number of hydrogen-bond donors (Lipinski definition) is 2. The predicted octanol–water partition coefficient (Wildman–Crippen LogP) is 4.10. The number of aliphatic hydroxyl groups excluding tert-OH is 2. The Morgan fingerprint density at radius 2 is 1.50 bits per heavy atom. The van der Waals surface area contributed by atoms with E-state index < -0.39 is 13.9 Å². The molecule has 0 fully saturated rings. The van der Waals surface area contributed by atoms with Crippen LogP contribution in [0.4, 0.5) is 0 Å². The molecule has 0 aliphatic heterocycles. The van der Waals surface area contributed by atoms with E-state index in [1.54, 1.807) is 0 Å². The van der Waals surface area contributed by atoms with Gasteiger partial charge < -0.3 is 14.9 Å². The Morgan fingerprint density at radius 1 is 0.955 bits per heavy atom. The lowest BCUT2D eigenvalue weighted by molar-refractivity contribution is 0.0460. The third-order valence-electron chi connectivity index (χ3n) is 3.72. The number of rotatable bonds is 17. The topological polar surface area (TPSA) is 66.8 Å². The third-order valence-corrected chi connectivity index (χ3v) is 5.24. The van der Waals surface area contributed by atoms with Crippen LogP contribution in [0.3, 0.4) is 0 Å². The molecule has 0 aromatic rings.